The number of halogens is 2. The number of ether oxygens (including phenoxy) is 3. The van der Waals surface area contributed by atoms with Crippen LogP contribution >= 0.6 is 23.5 Å². The van der Waals surface area contributed by atoms with Gasteiger partial charge in [0.1, 0.15) is 5.70 Å². The summed E-state index contributed by atoms with van der Waals surface area (Å²) >= 11 is 1.23. The van der Waals surface area contributed by atoms with Gasteiger partial charge in [-0.1, -0.05) is 84.2 Å². The van der Waals surface area contributed by atoms with Crippen molar-refractivity contribution in [3.05, 3.63) is 83.1 Å². The largest absolute Gasteiger partial charge is 0.448 e. The number of hydrogen-bond donors (Lipinski definition) is 2. The molecule has 2 aromatic carbocycles. The Balaban J connectivity index is 1.47. The summed E-state index contributed by atoms with van der Waals surface area (Å²) in [4.78, 5) is 41.3. The van der Waals surface area contributed by atoms with Crippen LogP contribution < -0.4 is 5.32 Å². The molecule has 2 aliphatic heterocycles. The van der Waals surface area contributed by atoms with E-state index in [0.29, 0.717) is 21.9 Å². The SMILES string of the molecule is CO[C@@]1(NC(=O)CSC(F)F)C(=O)N2C(C(=O)OC(c3ccccc3)c3ccccc3)=C(CSc3nnnn3CCO)CO[C@@H]21. The minimum Gasteiger partial charge on any atom is -0.448 e. The van der Waals surface area contributed by atoms with Crippen LogP contribution in [0.1, 0.15) is 17.2 Å². The third-order valence-electron chi connectivity index (χ3n) is 6.91. The van der Waals surface area contributed by atoms with Gasteiger partial charge >= 0.3 is 5.97 Å². The fraction of sp³-hybridized carbons (Fsp3) is 0.357. The number of esters is 1. The molecule has 3 heterocycles. The van der Waals surface area contributed by atoms with Gasteiger partial charge in [-0.25, -0.2) is 9.48 Å². The van der Waals surface area contributed by atoms with E-state index in [1.165, 1.54) is 4.68 Å². The Kier molecular flexibility index (Phi) is 10.4. The molecular weight excluding hydrogens is 634 g/mol. The minimum atomic E-state index is -2.79. The Morgan fingerprint density at radius 1 is 1.16 bits per heavy atom. The first-order chi connectivity index (χ1) is 21.8. The zero-order valence-electron chi connectivity index (χ0n) is 23.7. The number of β-lactam (4-membered cyclic amide) rings is 1. The molecule has 0 aliphatic carbocycles. The number of nitrogens with zero attached hydrogens (tertiary/aromatic N) is 5. The van der Waals surface area contributed by atoms with Crippen LogP contribution in [-0.2, 0) is 35.1 Å². The number of aromatic nitrogens is 4. The van der Waals surface area contributed by atoms with Crippen molar-refractivity contribution in [1.29, 1.82) is 0 Å². The van der Waals surface area contributed by atoms with E-state index in [-0.39, 0.29) is 43.0 Å². The number of aliphatic hydroxyl groups excluding tert-OH is 1. The smallest absolute Gasteiger partial charge is 0.356 e. The van der Waals surface area contributed by atoms with Gasteiger partial charge in [0.25, 0.3) is 17.4 Å². The average molecular weight is 663 g/mol. The second-order valence-corrected chi connectivity index (χ2v) is 11.6. The van der Waals surface area contributed by atoms with Gasteiger partial charge in [0.05, 0.1) is 25.5 Å². The number of methoxy groups -OCH3 is 1. The number of hydrogen-bond acceptors (Lipinski definition) is 12. The lowest BCUT2D eigenvalue weighted by molar-refractivity contribution is -0.258. The molecule has 17 heteroatoms. The average Bonchev–Trinajstić information content (AvgIpc) is 3.51. The fourth-order valence-electron chi connectivity index (χ4n) is 4.86. The summed E-state index contributed by atoms with van der Waals surface area (Å²) in [5, 5.41) is 23.4. The van der Waals surface area contributed by atoms with Gasteiger partial charge in [-0.15, -0.1) is 5.10 Å². The van der Waals surface area contributed by atoms with Gasteiger partial charge in [0.15, 0.2) is 12.3 Å². The first-order valence-electron chi connectivity index (χ1n) is 13.5. The molecule has 2 aliphatic rings. The lowest BCUT2D eigenvalue weighted by Gasteiger charge is -2.55. The monoisotopic (exact) mass is 662 g/mol. The van der Waals surface area contributed by atoms with Crippen molar-refractivity contribution in [2.45, 2.75) is 35.5 Å². The van der Waals surface area contributed by atoms with E-state index in [9.17, 15) is 28.3 Å². The Labute approximate surface area is 264 Å². The third kappa shape index (κ3) is 6.86. The number of rotatable bonds is 14. The molecule has 0 radical (unpaired) electrons. The van der Waals surface area contributed by atoms with E-state index in [1.807, 2.05) is 60.7 Å². The highest BCUT2D eigenvalue weighted by Crippen LogP contribution is 2.42. The Morgan fingerprint density at radius 3 is 2.42 bits per heavy atom. The Morgan fingerprint density at radius 2 is 1.82 bits per heavy atom. The van der Waals surface area contributed by atoms with Crippen LogP contribution in [-0.4, -0.2) is 97.5 Å². The summed E-state index contributed by atoms with van der Waals surface area (Å²) in [5.41, 5.74) is -0.438. The first-order valence-corrected chi connectivity index (χ1v) is 15.6. The molecule has 3 aromatic rings. The van der Waals surface area contributed by atoms with E-state index >= 15 is 0 Å². The van der Waals surface area contributed by atoms with Crippen LogP contribution in [0.15, 0.2) is 77.1 Å². The molecule has 1 fully saturated rings. The molecule has 0 bridgehead atoms. The molecule has 2 atom stereocenters. The molecule has 0 saturated carbocycles. The third-order valence-corrected chi connectivity index (χ3v) is 8.63. The number of aliphatic hydroxyl groups is 1. The van der Waals surface area contributed by atoms with Crippen LogP contribution in [0.5, 0.6) is 0 Å². The standard InChI is InChI=1S/C28H28F2N6O7S2/c1-41-28(31-20(38)16-44-26(29)30)24(40)36-21(19(14-42-25(28)36)15-45-27-32-33-34-35(27)12-13-37)23(39)43-22(17-8-4-2-5-9-17)18-10-6-3-7-11-18/h2-11,22,25-26,37H,12-16H2,1H3,(H,31,38)/t25-,28+/m1/s1. The summed E-state index contributed by atoms with van der Waals surface area (Å²) in [5.74, 6) is -5.90. The lowest BCUT2D eigenvalue weighted by atomic mass is 9.94. The molecule has 1 aromatic heterocycles. The fourth-order valence-corrected chi connectivity index (χ4v) is 6.10. The van der Waals surface area contributed by atoms with Gasteiger partial charge in [0, 0.05) is 12.9 Å². The predicted molar refractivity (Wildman–Crippen MR) is 156 cm³/mol. The number of carbonyl (C=O) groups excluding carboxylic acids is 3. The highest BCUT2D eigenvalue weighted by atomic mass is 32.2. The van der Waals surface area contributed by atoms with Crippen LogP contribution in [0, 0.1) is 0 Å². The topological polar surface area (TPSA) is 158 Å². The highest BCUT2D eigenvalue weighted by Gasteiger charge is 2.67. The van der Waals surface area contributed by atoms with Crippen molar-refractivity contribution in [1.82, 2.24) is 30.4 Å². The summed E-state index contributed by atoms with van der Waals surface area (Å²) in [6.45, 7) is -0.239. The van der Waals surface area contributed by atoms with E-state index < -0.39 is 47.4 Å². The van der Waals surface area contributed by atoms with E-state index in [1.54, 1.807) is 0 Å². The van der Waals surface area contributed by atoms with Crippen LogP contribution in [0.3, 0.4) is 0 Å². The van der Waals surface area contributed by atoms with E-state index in [2.05, 4.69) is 20.8 Å². The normalized spacial score (nSPS) is 19.5. The maximum atomic E-state index is 14.1. The van der Waals surface area contributed by atoms with Gasteiger partial charge in [-0.2, -0.15) is 8.78 Å². The van der Waals surface area contributed by atoms with Gasteiger partial charge in [-0.3, -0.25) is 14.5 Å². The quantitative estimate of drug-likeness (QED) is 0.112. The molecule has 45 heavy (non-hydrogen) atoms. The molecule has 0 unspecified atom stereocenters. The summed E-state index contributed by atoms with van der Waals surface area (Å²) in [6.07, 6.45) is -2.13. The maximum Gasteiger partial charge on any atom is 0.356 e. The van der Waals surface area contributed by atoms with Gasteiger partial charge in [0.2, 0.25) is 11.1 Å². The number of thioether (sulfide) groups is 2. The van der Waals surface area contributed by atoms with Crippen molar-refractivity contribution in [3.8, 4) is 0 Å². The zero-order chi connectivity index (χ0) is 32.0. The van der Waals surface area contributed by atoms with Crippen molar-refractivity contribution >= 4 is 41.3 Å². The maximum absolute atomic E-state index is 14.1. The molecule has 5 rings (SSSR count). The number of fused-ring (bicyclic) bond motifs is 1. The van der Waals surface area contributed by atoms with Gasteiger partial charge < -0.3 is 24.6 Å². The summed E-state index contributed by atoms with van der Waals surface area (Å²) in [6, 6.07) is 18.1. The van der Waals surface area contributed by atoms with Crippen molar-refractivity contribution in [3.63, 3.8) is 0 Å². The summed E-state index contributed by atoms with van der Waals surface area (Å²) < 4.78 is 44.2. The number of tetrazole rings is 1. The number of alkyl halides is 2. The minimum absolute atomic E-state index is 0.0873. The second kappa shape index (κ2) is 14.5. The first kappa shape index (κ1) is 32.5. The molecular formula is C28H28F2N6O7S2. The van der Waals surface area contributed by atoms with Crippen molar-refractivity contribution < 1.29 is 42.5 Å². The highest BCUT2D eigenvalue weighted by molar-refractivity contribution is 8.00. The molecule has 2 N–H and O–H groups in total. The van der Waals surface area contributed by atoms with Crippen molar-refractivity contribution in [2.24, 2.45) is 0 Å². The number of carbonyl (C=O) groups is 3. The number of benzene rings is 2. The van der Waals surface area contributed by atoms with E-state index in [0.717, 1.165) is 23.8 Å². The Hall–Kier alpha value is -3.90. The van der Waals surface area contributed by atoms with Gasteiger partial charge in [-0.05, 0) is 27.1 Å². The Bertz CT molecular complexity index is 1510. The van der Waals surface area contributed by atoms with Crippen LogP contribution in [0.25, 0.3) is 0 Å². The molecule has 2 amide bonds. The molecule has 238 valence electrons. The summed E-state index contributed by atoms with van der Waals surface area (Å²) in [7, 11) is 1.16. The lowest BCUT2D eigenvalue weighted by Crippen LogP contribution is -2.82. The van der Waals surface area contributed by atoms with Crippen LogP contribution in [0.4, 0.5) is 8.78 Å². The number of amides is 2. The van der Waals surface area contributed by atoms with E-state index in [4.69, 9.17) is 14.2 Å². The predicted octanol–water partition coefficient (Wildman–Crippen LogP) is 1.96. The van der Waals surface area contributed by atoms with Crippen LogP contribution in [0.2, 0.25) is 0 Å². The second-order valence-electron chi connectivity index (χ2n) is 9.65. The zero-order valence-corrected chi connectivity index (χ0v) is 25.4. The molecule has 13 nitrogen and oxygen atoms in total. The molecule has 0 spiro atoms. The molecule has 1 saturated heterocycles. The number of nitrogens with one attached hydrogen (secondary N) is 1. The van der Waals surface area contributed by atoms with Crippen molar-refractivity contribution in [2.75, 3.05) is 31.8 Å².